The number of aryl methyl sites for hydroxylation is 1. The number of aromatic nitrogens is 1. The molecule has 0 aliphatic rings. The van der Waals surface area contributed by atoms with E-state index < -0.39 is 0 Å². The molecule has 0 saturated heterocycles. The van der Waals surface area contributed by atoms with Gasteiger partial charge in [0.25, 0.3) is 5.91 Å². The first-order valence-electron chi connectivity index (χ1n) is 5.07. The average Bonchev–Trinajstić information content (AvgIpc) is 2.60. The molecule has 0 fully saturated rings. The number of rotatable bonds is 2. The molecule has 0 unspecified atom stereocenters. The fraction of sp³-hybridized carbons (Fsp3) is 0.167. The first-order chi connectivity index (χ1) is 8.08. The minimum atomic E-state index is -0.304. The summed E-state index contributed by atoms with van der Waals surface area (Å²) in [4.78, 5) is 11.9. The second kappa shape index (κ2) is 4.59. The highest BCUT2D eigenvalue weighted by Gasteiger charge is 2.16. The van der Waals surface area contributed by atoms with Crippen molar-refractivity contribution in [1.29, 1.82) is 0 Å². The monoisotopic (exact) mass is 250 g/mol. The van der Waals surface area contributed by atoms with Crippen molar-refractivity contribution < 1.29 is 9.32 Å². The number of halogens is 1. The predicted molar refractivity (Wildman–Crippen MR) is 65.4 cm³/mol. The largest absolute Gasteiger partial charge is 0.361 e. The summed E-state index contributed by atoms with van der Waals surface area (Å²) in [7, 11) is 0. The fourth-order valence-electron chi connectivity index (χ4n) is 1.39. The van der Waals surface area contributed by atoms with Gasteiger partial charge in [0.1, 0.15) is 5.76 Å². The van der Waals surface area contributed by atoms with Crippen LogP contribution in [0.5, 0.6) is 0 Å². The van der Waals surface area contributed by atoms with E-state index >= 15 is 0 Å². The minimum Gasteiger partial charge on any atom is -0.361 e. The van der Waals surface area contributed by atoms with Crippen molar-refractivity contribution in [3.8, 4) is 0 Å². The van der Waals surface area contributed by atoms with Gasteiger partial charge in [-0.3, -0.25) is 4.79 Å². The Bertz CT molecular complexity index is 563. The van der Waals surface area contributed by atoms with Crippen molar-refractivity contribution in [3.63, 3.8) is 0 Å². The molecule has 5 heteroatoms. The van der Waals surface area contributed by atoms with Crippen molar-refractivity contribution in [3.05, 3.63) is 46.3 Å². The van der Waals surface area contributed by atoms with Crippen LogP contribution in [0.15, 0.2) is 28.8 Å². The van der Waals surface area contributed by atoms with Crippen LogP contribution < -0.4 is 5.32 Å². The molecule has 0 bridgehead atoms. The third kappa shape index (κ3) is 2.47. The van der Waals surface area contributed by atoms with Crippen LogP contribution in [0.4, 0.5) is 5.69 Å². The molecule has 1 aromatic heterocycles. The summed E-state index contributed by atoms with van der Waals surface area (Å²) in [6.45, 7) is 3.55. The topological polar surface area (TPSA) is 55.1 Å². The van der Waals surface area contributed by atoms with E-state index in [2.05, 4.69) is 10.5 Å². The third-order valence-electron chi connectivity index (χ3n) is 2.45. The standard InChI is InChI=1S/C12H11ClN2O2/c1-7-8(2)17-15-11(7)12(16)14-10-5-3-4-9(13)6-10/h3-6H,1-2H3,(H,14,16). The molecular weight excluding hydrogens is 240 g/mol. The lowest BCUT2D eigenvalue weighted by molar-refractivity contribution is 0.101. The van der Waals surface area contributed by atoms with Gasteiger partial charge in [-0.15, -0.1) is 0 Å². The van der Waals surface area contributed by atoms with Crippen molar-refractivity contribution in [2.45, 2.75) is 13.8 Å². The lowest BCUT2D eigenvalue weighted by atomic mass is 10.2. The summed E-state index contributed by atoms with van der Waals surface area (Å²) >= 11 is 5.82. The maximum atomic E-state index is 11.9. The molecule has 1 N–H and O–H groups in total. The number of hydrogen-bond acceptors (Lipinski definition) is 3. The predicted octanol–water partition coefficient (Wildman–Crippen LogP) is 3.20. The van der Waals surface area contributed by atoms with E-state index in [1.807, 2.05) is 0 Å². The average molecular weight is 251 g/mol. The SMILES string of the molecule is Cc1onc(C(=O)Nc2cccc(Cl)c2)c1C. The molecule has 0 aliphatic carbocycles. The summed E-state index contributed by atoms with van der Waals surface area (Å²) in [5, 5.41) is 6.99. The van der Waals surface area contributed by atoms with E-state index in [0.29, 0.717) is 22.2 Å². The van der Waals surface area contributed by atoms with Gasteiger partial charge in [0.2, 0.25) is 0 Å². The van der Waals surface area contributed by atoms with E-state index in [1.54, 1.807) is 38.1 Å². The Morgan fingerprint density at radius 1 is 1.41 bits per heavy atom. The highest BCUT2D eigenvalue weighted by Crippen LogP contribution is 2.17. The molecule has 88 valence electrons. The van der Waals surface area contributed by atoms with Gasteiger partial charge in [0, 0.05) is 16.3 Å². The minimum absolute atomic E-state index is 0.294. The van der Waals surface area contributed by atoms with Crippen LogP contribution in [-0.4, -0.2) is 11.1 Å². The number of nitrogens with zero attached hydrogens (tertiary/aromatic N) is 1. The van der Waals surface area contributed by atoms with Crippen LogP contribution >= 0.6 is 11.6 Å². The van der Waals surface area contributed by atoms with E-state index in [0.717, 1.165) is 5.56 Å². The summed E-state index contributed by atoms with van der Waals surface area (Å²) in [5.74, 6) is 0.336. The van der Waals surface area contributed by atoms with Crippen LogP contribution in [0.1, 0.15) is 21.8 Å². The molecular formula is C12H11ClN2O2. The molecule has 0 saturated carbocycles. The molecule has 2 rings (SSSR count). The molecule has 0 aliphatic heterocycles. The van der Waals surface area contributed by atoms with E-state index in [9.17, 15) is 4.79 Å². The maximum absolute atomic E-state index is 11.9. The van der Waals surface area contributed by atoms with Gasteiger partial charge in [-0.2, -0.15) is 0 Å². The molecule has 2 aromatic rings. The molecule has 4 nitrogen and oxygen atoms in total. The van der Waals surface area contributed by atoms with Gasteiger partial charge >= 0.3 is 0 Å². The number of amides is 1. The van der Waals surface area contributed by atoms with Crippen molar-refractivity contribution in [2.75, 3.05) is 5.32 Å². The van der Waals surface area contributed by atoms with Gasteiger partial charge < -0.3 is 9.84 Å². The zero-order chi connectivity index (χ0) is 12.4. The number of benzene rings is 1. The van der Waals surface area contributed by atoms with Crippen molar-refractivity contribution in [1.82, 2.24) is 5.16 Å². The summed E-state index contributed by atoms with van der Waals surface area (Å²) in [6, 6.07) is 6.93. The Labute approximate surface area is 104 Å². The van der Waals surface area contributed by atoms with E-state index in [4.69, 9.17) is 16.1 Å². The lowest BCUT2D eigenvalue weighted by Crippen LogP contribution is -2.13. The van der Waals surface area contributed by atoms with Gasteiger partial charge in [0.05, 0.1) is 0 Å². The van der Waals surface area contributed by atoms with Gasteiger partial charge in [-0.25, -0.2) is 0 Å². The highest BCUT2D eigenvalue weighted by molar-refractivity contribution is 6.30. The molecule has 0 atom stereocenters. The van der Waals surface area contributed by atoms with E-state index in [-0.39, 0.29) is 5.91 Å². The van der Waals surface area contributed by atoms with Gasteiger partial charge in [-0.1, -0.05) is 22.8 Å². The van der Waals surface area contributed by atoms with Crippen molar-refractivity contribution in [2.24, 2.45) is 0 Å². The smallest absolute Gasteiger partial charge is 0.278 e. The lowest BCUT2D eigenvalue weighted by Gasteiger charge is -2.03. The summed E-state index contributed by atoms with van der Waals surface area (Å²) < 4.78 is 4.94. The summed E-state index contributed by atoms with van der Waals surface area (Å²) in [6.07, 6.45) is 0. The zero-order valence-corrected chi connectivity index (χ0v) is 10.2. The van der Waals surface area contributed by atoms with Gasteiger partial charge in [-0.05, 0) is 32.0 Å². The molecule has 1 heterocycles. The Balaban J connectivity index is 2.20. The highest BCUT2D eigenvalue weighted by atomic mass is 35.5. The molecule has 0 spiro atoms. The maximum Gasteiger partial charge on any atom is 0.278 e. The normalized spacial score (nSPS) is 10.3. The quantitative estimate of drug-likeness (QED) is 0.891. The summed E-state index contributed by atoms with van der Waals surface area (Å²) in [5.41, 5.74) is 1.66. The Kier molecular flexibility index (Phi) is 3.15. The molecule has 0 radical (unpaired) electrons. The third-order valence-corrected chi connectivity index (χ3v) is 2.69. The van der Waals surface area contributed by atoms with Crippen LogP contribution in [-0.2, 0) is 0 Å². The Hall–Kier alpha value is -1.81. The first kappa shape index (κ1) is 11.7. The molecule has 1 amide bonds. The number of carbonyl (C=O) groups excluding carboxylic acids is 1. The Morgan fingerprint density at radius 2 is 2.18 bits per heavy atom. The van der Waals surface area contributed by atoms with Crippen LogP contribution in [0, 0.1) is 13.8 Å². The number of carbonyl (C=O) groups is 1. The number of hydrogen-bond donors (Lipinski definition) is 1. The van der Waals surface area contributed by atoms with Crippen molar-refractivity contribution >= 4 is 23.2 Å². The number of anilines is 1. The van der Waals surface area contributed by atoms with Crippen LogP contribution in [0.2, 0.25) is 5.02 Å². The fourth-order valence-corrected chi connectivity index (χ4v) is 1.58. The van der Waals surface area contributed by atoms with Crippen LogP contribution in [0.3, 0.4) is 0 Å². The van der Waals surface area contributed by atoms with Gasteiger partial charge in [0.15, 0.2) is 5.69 Å². The second-order valence-electron chi connectivity index (χ2n) is 3.68. The Morgan fingerprint density at radius 3 is 2.76 bits per heavy atom. The zero-order valence-electron chi connectivity index (χ0n) is 9.45. The molecule has 17 heavy (non-hydrogen) atoms. The van der Waals surface area contributed by atoms with Crippen LogP contribution in [0.25, 0.3) is 0 Å². The number of nitrogens with one attached hydrogen (secondary N) is 1. The second-order valence-corrected chi connectivity index (χ2v) is 4.11. The molecule has 1 aromatic carbocycles. The van der Waals surface area contributed by atoms with E-state index in [1.165, 1.54) is 0 Å². The first-order valence-corrected chi connectivity index (χ1v) is 5.45.